The van der Waals surface area contributed by atoms with E-state index in [1.165, 1.54) is 19.3 Å². The Kier molecular flexibility index (Phi) is 4.55. The zero-order valence-corrected chi connectivity index (χ0v) is 11.9. The predicted molar refractivity (Wildman–Crippen MR) is 75.4 cm³/mol. The van der Waals surface area contributed by atoms with Crippen LogP contribution in [0, 0.1) is 0 Å². The second kappa shape index (κ2) is 6.16. The maximum Gasteiger partial charge on any atom is 0.158 e. The number of ether oxygens (including phenoxy) is 1. The van der Waals surface area contributed by atoms with Crippen molar-refractivity contribution in [3.63, 3.8) is 0 Å². The van der Waals surface area contributed by atoms with E-state index in [-0.39, 0.29) is 0 Å². The van der Waals surface area contributed by atoms with Crippen LogP contribution in [0.5, 0.6) is 0 Å². The van der Waals surface area contributed by atoms with Crippen LogP contribution in [0.15, 0.2) is 6.07 Å². The number of nitrogens with one attached hydrogen (secondary N) is 1. The van der Waals surface area contributed by atoms with Crippen LogP contribution in [-0.4, -0.2) is 34.2 Å². The fourth-order valence-electron chi connectivity index (χ4n) is 2.54. The van der Waals surface area contributed by atoms with Crippen LogP contribution in [0.25, 0.3) is 0 Å². The van der Waals surface area contributed by atoms with Gasteiger partial charge in [-0.2, -0.15) is 0 Å². The number of nitrogens with two attached hydrogens (primary N) is 1. The molecule has 1 aromatic rings. The van der Waals surface area contributed by atoms with Gasteiger partial charge in [-0.05, 0) is 26.7 Å². The van der Waals surface area contributed by atoms with Gasteiger partial charge in [0.1, 0.15) is 18.2 Å². The molecule has 0 spiro atoms. The maximum atomic E-state index is 5.80. The minimum atomic E-state index is 0.366. The molecule has 1 fully saturated rings. The summed E-state index contributed by atoms with van der Waals surface area (Å²) in [5.74, 6) is 1.80. The topological polar surface area (TPSA) is 76.3 Å². The van der Waals surface area contributed by atoms with Gasteiger partial charge < -0.3 is 15.9 Å². The largest absolute Gasteiger partial charge is 0.384 e. The number of rotatable bonds is 4. The van der Waals surface area contributed by atoms with Crippen molar-refractivity contribution in [1.82, 2.24) is 15.0 Å². The Morgan fingerprint density at radius 2 is 2.05 bits per heavy atom. The normalized spacial score (nSPS) is 24.4. The molecule has 0 radical (unpaired) electrons. The van der Waals surface area contributed by atoms with Gasteiger partial charge in [-0.3, -0.25) is 0 Å². The lowest BCUT2D eigenvalue weighted by Crippen LogP contribution is -2.47. The highest BCUT2D eigenvalue weighted by molar-refractivity contribution is 5.44. The summed E-state index contributed by atoms with van der Waals surface area (Å²) in [6.45, 7) is 4.82. The summed E-state index contributed by atoms with van der Waals surface area (Å²) >= 11 is 0. The molecular formula is C13H23N5O. The quantitative estimate of drug-likeness (QED) is 0.864. The van der Waals surface area contributed by atoms with Gasteiger partial charge in [-0.1, -0.05) is 6.42 Å². The number of piperidine rings is 1. The molecule has 0 aliphatic carbocycles. The highest BCUT2D eigenvalue weighted by Crippen LogP contribution is 2.23. The van der Waals surface area contributed by atoms with Crippen molar-refractivity contribution in [2.24, 2.45) is 0 Å². The number of hydrazine groups is 1. The first-order valence-corrected chi connectivity index (χ1v) is 6.77. The molecule has 1 saturated heterocycles. The Hall–Kier alpha value is -1.40. The minimum absolute atomic E-state index is 0.366. The minimum Gasteiger partial charge on any atom is -0.384 e. The number of aromatic nitrogens is 2. The Labute approximate surface area is 114 Å². The molecule has 2 heterocycles. The first-order chi connectivity index (χ1) is 9.10. The van der Waals surface area contributed by atoms with Crippen molar-refractivity contribution < 1.29 is 4.74 Å². The third-order valence-electron chi connectivity index (χ3n) is 3.50. The van der Waals surface area contributed by atoms with Crippen LogP contribution in [0.3, 0.4) is 0 Å². The highest BCUT2D eigenvalue weighted by Gasteiger charge is 2.25. The summed E-state index contributed by atoms with van der Waals surface area (Å²) < 4.78 is 5.05. The Balaban J connectivity index is 2.13. The van der Waals surface area contributed by atoms with Gasteiger partial charge in [-0.25, -0.2) is 15.0 Å². The van der Waals surface area contributed by atoms with Gasteiger partial charge in [0.2, 0.25) is 0 Å². The van der Waals surface area contributed by atoms with E-state index in [9.17, 15) is 0 Å². The van der Waals surface area contributed by atoms with Crippen LogP contribution in [-0.2, 0) is 11.3 Å². The van der Waals surface area contributed by atoms with Gasteiger partial charge in [0.25, 0.3) is 0 Å². The lowest BCUT2D eigenvalue weighted by molar-refractivity contribution is 0.134. The van der Waals surface area contributed by atoms with E-state index in [0.29, 0.717) is 30.3 Å². The molecule has 2 atom stereocenters. The Bertz CT molecular complexity index is 415. The van der Waals surface area contributed by atoms with Crippen molar-refractivity contribution in [3.05, 3.63) is 11.9 Å². The zero-order valence-electron chi connectivity index (χ0n) is 11.9. The van der Waals surface area contributed by atoms with E-state index < -0.39 is 0 Å². The summed E-state index contributed by atoms with van der Waals surface area (Å²) in [6, 6.07) is 2.74. The molecule has 106 valence electrons. The molecule has 1 aliphatic heterocycles. The second-order valence-corrected chi connectivity index (χ2v) is 5.18. The van der Waals surface area contributed by atoms with Crippen molar-refractivity contribution in [3.8, 4) is 0 Å². The molecule has 1 aromatic heterocycles. The number of hydrogen-bond acceptors (Lipinski definition) is 6. The van der Waals surface area contributed by atoms with Gasteiger partial charge >= 0.3 is 0 Å². The Morgan fingerprint density at radius 3 is 2.68 bits per heavy atom. The lowest BCUT2D eigenvalue weighted by Gasteiger charge is -2.39. The molecule has 2 rings (SSSR count). The van der Waals surface area contributed by atoms with E-state index in [4.69, 9.17) is 10.5 Å². The molecule has 0 saturated carbocycles. The van der Waals surface area contributed by atoms with E-state index in [1.54, 1.807) is 13.2 Å². The summed E-state index contributed by atoms with van der Waals surface area (Å²) in [7, 11) is 1.62. The zero-order chi connectivity index (χ0) is 13.8. The van der Waals surface area contributed by atoms with Crippen LogP contribution >= 0.6 is 0 Å². The third kappa shape index (κ3) is 3.54. The molecule has 0 amide bonds. The average Bonchev–Trinajstić information content (AvgIpc) is 2.34. The summed E-state index contributed by atoms with van der Waals surface area (Å²) in [4.78, 5) is 8.56. The van der Waals surface area contributed by atoms with Gasteiger partial charge in [0.15, 0.2) is 5.82 Å². The summed E-state index contributed by atoms with van der Waals surface area (Å²) in [5.41, 5.74) is 9.17. The standard InChI is InChI=1S/C13H23N5O/c1-9-5-4-6-10(2)18(9)17-12-7-11(14)15-13(16-12)8-19-3/h7,9-10H,4-6,8H2,1-3H3,(H3,14,15,16,17). The molecule has 19 heavy (non-hydrogen) atoms. The average molecular weight is 265 g/mol. The highest BCUT2D eigenvalue weighted by atomic mass is 16.5. The van der Waals surface area contributed by atoms with E-state index in [1.807, 2.05) is 0 Å². The molecule has 6 nitrogen and oxygen atoms in total. The molecule has 3 N–H and O–H groups in total. The van der Waals surface area contributed by atoms with Gasteiger partial charge in [0.05, 0.1) is 0 Å². The summed E-state index contributed by atoms with van der Waals surface area (Å²) in [5, 5.41) is 2.25. The van der Waals surface area contributed by atoms with Crippen LogP contribution < -0.4 is 11.2 Å². The first kappa shape index (κ1) is 14.0. The van der Waals surface area contributed by atoms with E-state index >= 15 is 0 Å². The smallest absolute Gasteiger partial charge is 0.158 e. The number of nitrogens with zero attached hydrogens (tertiary/aromatic N) is 3. The number of nitrogen functional groups attached to an aromatic ring is 1. The molecule has 0 aromatic carbocycles. The van der Waals surface area contributed by atoms with E-state index in [0.717, 1.165) is 5.82 Å². The van der Waals surface area contributed by atoms with Crippen molar-refractivity contribution in [1.29, 1.82) is 0 Å². The number of methoxy groups -OCH3 is 1. The lowest BCUT2D eigenvalue weighted by atomic mass is 10.00. The Morgan fingerprint density at radius 1 is 1.37 bits per heavy atom. The van der Waals surface area contributed by atoms with Gasteiger partial charge in [-0.15, -0.1) is 0 Å². The molecule has 2 unspecified atom stereocenters. The van der Waals surface area contributed by atoms with Crippen LogP contribution in [0.2, 0.25) is 0 Å². The molecule has 1 aliphatic rings. The third-order valence-corrected chi connectivity index (χ3v) is 3.50. The predicted octanol–water partition coefficient (Wildman–Crippen LogP) is 1.79. The monoisotopic (exact) mass is 265 g/mol. The van der Waals surface area contributed by atoms with Crippen molar-refractivity contribution in [2.45, 2.75) is 51.8 Å². The van der Waals surface area contributed by atoms with E-state index in [2.05, 4.69) is 34.3 Å². The second-order valence-electron chi connectivity index (χ2n) is 5.18. The van der Waals surface area contributed by atoms with Crippen molar-refractivity contribution in [2.75, 3.05) is 18.3 Å². The number of anilines is 2. The molecule has 0 bridgehead atoms. The molecular weight excluding hydrogens is 242 g/mol. The number of hydrogen-bond donors (Lipinski definition) is 2. The maximum absolute atomic E-state index is 5.80. The SMILES string of the molecule is COCc1nc(N)cc(NN2C(C)CCCC2C)n1. The first-order valence-electron chi connectivity index (χ1n) is 6.77. The van der Waals surface area contributed by atoms with Gasteiger partial charge in [0, 0.05) is 25.3 Å². The fourth-order valence-corrected chi connectivity index (χ4v) is 2.54. The summed E-state index contributed by atoms with van der Waals surface area (Å²) in [6.07, 6.45) is 3.67. The fraction of sp³-hybridized carbons (Fsp3) is 0.692. The van der Waals surface area contributed by atoms with Crippen LogP contribution in [0.4, 0.5) is 11.6 Å². The molecule has 6 heteroatoms. The van der Waals surface area contributed by atoms with Crippen molar-refractivity contribution >= 4 is 11.6 Å². The van der Waals surface area contributed by atoms with Crippen LogP contribution in [0.1, 0.15) is 38.9 Å².